The Balaban J connectivity index is 1.54. The van der Waals surface area contributed by atoms with E-state index in [9.17, 15) is 0 Å². The lowest BCUT2D eigenvalue weighted by molar-refractivity contribution is 1.18. The van der Waals surface area contributed by atoms with Crippen LogP contribution in [0.4, 0.5) is 0 Å². The van der Waals surface area contributed by atoms with Crippen molar-refractivity contribution < 1.29 is 0 Å². The molecular formula is C26H20. The number of hydrogen-bond donors (Lipinski definition) is 0. The summed E-state index contributed by atoms with van der Waals surface area (Å²) in [6, 6.07) is 35.3. The molecule has 0 heterocycles. The van der Waals surface area contributed by atoms with Crippen LogP contribution in [0.2, 0.25) is 0 Å². The maximum atomic E-state index is 2.39. The summed E-state index contributed by atoms with van der Waals surface area (Å²) in [5.74, 6) is 0. The van der Waals surface area contributed by atoms with Gasteiger partial charge in [0.2, 0.25) is 0 Å². The first kappa shape index (κ1) is 15.2. The predicted molar refractivity (Wildman–Crippen MR) is 109 cm³/mol. The van der Waals surface area contributed by atoms with Gasteiger partial charge in [0, 0.05) is 0 Å². The Hall–Kier alpha value is -3.12. The van der Waals surface area contributed by atoms with Crippen LogP contribution in [0.3, 0.4) is 0 Å². The van der Waals surface area contributed by atoms with Crippen molar-refractivity contribution in [2.24, 2.45) is 0 Å². The second kappa shape index (κ2) is 6.31. The molecule has 4 aromatic rings. The van der Waals surface area contributed by atoms with Gasteiger partial charge >= 0.3 is 0 Å². The summed E-state index contributed by atoms with van der Waals surface area (Å²) in [4.78, 5) is 0. The fraction of sp³-hybridized carbons (Fsp3) is 0.0769. The molecule has 0 amide bonds. The Bertz CT molecular complexity index is 1060. The minimum absolute atomic E-state index is 0.988. The minimum atomic E-state index is 0.988. The van der Waals surface area contributed by atoms with Gasteiger partial charge in [-0.25, -0.2) is 0 Å². The van der Waals surface area contributed by atoms with Crippen LogP contribution in [-0.2, 0) is 12.8 Å². The molecule has 0 bridgehead atoms. The lowest BCUT2D eigenvalue weighted by Crippen LogP contribution is -1.89. The maximum Gasteiger partial charge on any atom is -0.00134 e. The van der Waals surface area contributed by atoms with Crippen LogP contribution < -0.4 is 0 Å². The predicted octanol–water partition coefficient (Wildman–Crippen LogP) is 6.52. The molecule has 1 aliphatic carbocycles. The molecule has 0 aliphatic heterocycles. The first-order valence-electron chi connectivity index (χ1n) is 9.21. The number of benzene rings is 4. The summed E-state index contributed by atoms with van der Waals surface area (Å²) in [6.07, 6.45) is 2.03. The molecule has 0 nitrogen and oxygen atoms in total. The summed E-state index contributed by atoms with van der Waals surface area (Å²) >= 11 is 0. The number of hydrogen-bond acceptors (Lipinski definition) is 0. The molecule has 0 aromatic heterocycles. The average molecular weight is 332 g/mol. The molecule has 1 aliphatic rings. The lowest BCUT2D eigenvalue weighted by Gasteiger charge is -2.08. The fourth-order valence-electron chi connectivity index (χ4n) is 3.97. The smallest absolute Gasteiger partial charge is 0.00134 e. The zero-order valence-electron chi connectivity index (χ0n) is 14.7. The molecule has 0 saturated heterocycles. The third kappa shape index (κ3) is 2.74. The highest BCUT2D eigenvalue weighted by Gasteiger charge is 2.19. The quantitative estimate of drug-likeness (QED) is 0.353. The molecule has 0 radical (unpaired) electrons. The van der Waals surface area contributed by atoms with E-state index in [1.807, 2.05) is 0 Å². The molecule has 0 spiro atoms. The van der Waals surface area contributed by atoms with Crippen molar-refractivity contribution >= 4 is 0 Å². The first-order valence-corrected chi connectivity index (χ1v) is 9.21. The second-order valence-corrected chi connectivity index (χ2v) is 7.07. The van der Waals surface area contributed by atoms with Crippen LogP contribution in [0, 0.1) is 0 Å². The Kier molecular flexibility index (Phi) is 3.68. The van der Waals surface area contributed by atoms with E-state index >= 15 is 0 Å². The van der Waals surface area contributed by atoms with Crippen molar-refractivity contribution in [3.8, 4) is 22.3 Å². The van der Waals surface area contributed by atoms with Gasteiger partial charge in [0.05, 0.1) is 0 Å². The van der Waals surface area contributed by atoms with Gasteiger partial charge < -0.3 is 0 Å². The van der Waals surface area contributed by atoms with E-state index in [4.69, 9.17) is 0 Å². The van der Waals surface area contributed by atoms with Gasteiger partial charge in [0.15, 0.2) is 0 Å². The fourth-order valence-corrected chi connectivity index (χ4v) is 3.97. The van der Waals surface area contributed by atoms with Crippen LogP contribution in [0.5, 0.6) is 0 Å². The molecule has 5 rings (SSSR count). The average Bonchev–Trinajstić information content (AvgIpc) is 3.07. The van der Waals surface area contributed by atoms with Crippen molar-refractivity contribution in [3.05, 3.63) is 119 Å². The zero-order chi connectivity index (χ0) is 17.3. The maximum absolute atomic E-state index is 2.39. The summed E-state index contributed by atoms with van der Waals surface area (Å²) in [6.45, 7) is 0. The monoisotopic (exact) mass is 332 g/mol. The molecule has 0 heteroatoms. The SMILES string of the molecule is c1ccc(Cc2ccc3c(c2)-c2cc(-c4ccccc4)ccc2C3)cc1. The largest absolute Gasteiger partial charge is 0.0622 e. The van der Waals surface area contributed by atoms with Crippen molar-refractivity contribution in [1.29, 1.82) is 0 Å². The van der Waals surface area contributed by atoms with Crippen LogP contribution in [0.1, 0.15) is 22.3 Å². The Morgan fingerprint density at radius 1 is 0.500 bits per heavy atom. The van der Waals surface area contributed by atoms with Gasteiger partial charge in [-0.05, 0) is 63.4 Å². The van der Waals surface area contributed by atoms with Crippen LogP contribution in [0.15, 0.2) is 97.1 Å². The van der Waals surface area contributed by atoms with Crippen molar-refractivity contribution in [2.45, 2.75) is 12.8 Å². The van der Waals surface area contributed by atoms with E-state index in [-0.39, 0.29) is 0 Å². The molecule has 4 aromatic carbocycles. The van der Waals surface area contributed by atoms with Gasteiger partial charge in [0.25, 0.3) is 0 Å². The van der Waals surface area contributed by atoms with Crippen LogP contribution in [0.25, 0.3) is 22.3 Å². The van der Waals surface area contributed by atoms with Gasteiger partial charge in [0.1, 0.15) is 0 Å². The van der Waals surface area contributed by atoms with Gasteiger partial charge in [-0.2, -0.15) is 0 Å². The van der Waals surface area contributed by atoms with Gasteiger partial charge in [-0.15, -0.1) is 0 Å². The van der Waals surface area contributed by atoms with Crippen LogP contribution in [-0.4, -0.2) is 0 Å². The van der Waals surface area contributed by atoms with E-state index in [0.29, 0.717) is 0 Å². The lowest BCUT2D eigenvalue weighted by atomic mass is 9.96. The van der Waals surface area contributed by atoms with E-state index in [0.717, 1.165) is 12.8 Å². The Morgan fingerprint density at radius 3 is 1.92 bits per heavy atom. The minimum Gasteiger partial charge on any atom is -0.0622 e. The molecule has 0 N–H and O–H groups in total. The summed E-state index contributed by atoms with van der Waals surface area (Å²) in [7, 11) is 0. The van der Waals surface area contributed by atoms with E-state index < -0.39 is 0 Å². The third-order valence-corrected chi connectivity index (χ3v) is 5.31. The first-order chi connectivity index (χ1) is 12.9. The highest BCUT2D eigenvalue weighted by molar-refractivity contribution is 5.81. The van der Waals surface area contributed by atoms with E-state index in [1.54, 1.807) is 0 Å². The van der Waals surface area contributed by atoms with Crippen molar-refractivity contribution in [2.75, 3.05) is 0 Å². The molecule has 0 atom stereocenters. The molecule has 0 unspecified atom stereocenters. The van der Waals surface area contributed by atoms with Gasteiger partial charge in [-0.3, -0.25) is 0 Å². The molecule has 124 valence electrons. The Labute approximate surface area is 154 Å². The number of rotatable bonds is 3. The van der Waals surface area contributed by atoms with Crippen molar-refractivity contribution in [3.63, 3.8) is 0 Å². The van der Waals surface area contributed by atoms with E-state index in [2.05, 4.69) is 97.1 Å². The molecule has 26 heavy (non-hydrogen) atoms. The van der Waals surface area contributed by atoms with E-state index in [1.165, 1.54) is 44.5 Å². The summed E-state index contributed by atoms with van der Waals surface area (Å²) in [5, 5.41) is 0. The molecular weight excluding hydrogens is 312 g/mol. The third-order valence-electron chi connectivity index (χ3n) is 5.31. The highest BCUT2D eigenvalue weighted by Crippen LogP contribution is 2.39. The summed E-state index contributed by atoms with van der Waals surface area (Å²) < 4.78 is 0. The zero-order valence-corrected chi connectivity index (χ0v) is 14.7. The highest BCUT2D eigenvalue weighted by atomic mass is 14.2. The Morgan fingerprint density at radius 2 is 1.15 bits per heavy atom. The van der Waals surface area contributed by atoms with Gasteiger partial charge in [-0.1, -0.05) is 91.0 Å². The van der Waals surface area contributed by atoms with Crippen molar-refractivity contribution in [1.82, 2.24) is 0 Å². The summed E-state index contributed by atoms with van der Waals surface area (Å²) in [5.41, 5.74) is 11.0. The molecule has 0 saturated carbocycles. The molecule has 0 fully saturated rings. The second-order valence-electron chi connectivity index (χ2n) is 7.07. The normalized spacial score (nSPS) is 11.8. The topological polar surface area (TPSA) is 0 Å². The standard InChI is InChI=1S/C26H20/c1-3-7-19(8-4-1)15-20-11-12-23-17-24-14-13-22(18-26(24)25(23)16-20)21-9-5-2-6-10-21/h1-14,16,18H,15,17H2. The number of fused-ring (bicyclic) bond motifs is 3. The van der Waals surface area contributed by atoms with Crippen LogP contribution >= 0.6 is 0 Å².